The summed E-state index contributed by atoms with van der Waals surface area (Å²) < 4.78 is 0. The first-order valence-corrected chi connectivity index (χ1v) is 6.25. The van der Waals surface area contributed by atoms with E-state index in [9.17, 15) is 4.79 Å². The Labute approximate surface area is 108 Å². The fourth-order valence-corrected chi connectivity index (χ4v) is 2.15. The van der Waals surface area contributed by atoms with Gasteiger partial charge in [-0.25, -0.2) is 4.79 Å². The summed E-state index contributed by atoms with van der Waals surface area (Å²) >= 11 is 0. The molecule has 0 radical (unpaired) electrons. The molecule has 4 nitrogen and oxygen atoms in total. The van der Waals surface area contributed by atoms with Crippen LogP contribution in [0.5, 0.6) is 0 Å². The Morgan fingerprint density at radius 2 is 2.22 bits per heavy atom. The van der Waals surface area contributed by atoms with E-state index >= 15 is 0 Å². The second-order valence-corrected chi connectivity index (χ2v) is 4.41. The van der Waals surface area contributed by atoms with Crippen molar-refractivity contribution >= 4 is 11.7 Å². The number of amides is 2. The number of hydrogen-bond acceptors (Lipinski definition) is 2. The van der Waals surface area contributed by atoms with Gasteiger partial charge in [-0.1, -0.05) is 24.3 Å². The molecule has 0 spiro atoms. The minimum Gasteiger partial charge on any atom is -0.369 e. The molecule has 1 aromatic carbocycles. The maximum absolute atomic E-state index is 11.5. The van der Waals surface area contributed by atoms with E-state index in [4.69, 9.17) is 0 Å². The van der Waals surface area contributed by atoms with E-state index in [0.29, 0.717) is 6.54 Å². The highest BCUT2D eigenvalue weighted by atomic mass is 16.2. The third kappa shape index (κ3) is 3.26. The van der Waals surface area contributed by atoms with Crippen LogP contribution >= 0.6 is 0 Å². The molecule has 2 amide bonds. The first kappa shape index (κ1) is 12.5. The number of para-hydroxylation sites is 1. The van der Waals surface area contributed by atoms with Crippen LogP contribution in [0.2, 0.25) is 0 Å². The maximum Gasteiger partial charge on any atom is 0.315 e. The highest BCUT2D eigenvalue weighted by Crippen LogP contribution is 2.19. The summed E-state index contributed by atoms with van der Waals surface area (Å²) in [6.45, 7) is 5.92. The first-order valence-electron chi connectivity index (χ1n) is 6.25. The van der Waals surface area contributed by atoms with Gasteiger partial charge >= 0.3 is 6.03 Å². The van der Waals surface area contributed by atoms with E-state index in [-0.39, 0.29) is 12.1 Å². The van der Waals surface area contributed by atoms with E-state index in [1.54, 1.807) is 6.08 Å². The van der Waals surface area contributed by atoms with E-state index < -0.39 is 0 Å². The van der Waals surface area contributed by atoms with Gasteiger partial charge in [0.2, 0.25) is 0 Å². The van der Waals surface area contributed by atoms with E-state index in [1.165, 1.54) is 5.69 Å². The number of hydrogen-bond donors (Lipinski definition) is 2. The molecule has 1 heterocycles. The van der Waals surface area contributed by atoms with Gasteiger partial charge in [-0.2, -0.15) is 0 Å². The zero-order valence-electron chi connectivity index (χ0n) is 10.4. The van der Waals surface area contributed by atoms with Crippen LogP contribution < -0.4 is 15.5 Å². The van der Waals surface area contributed by atoms with Gasteiger partial charge in [0.05, 0.1) is 0 Å². The van der Waals surface area contributed by atoms with Crippen LogP contribution in [-0.4, -0.2) is 31.7 Å². The SMILES string of the molecule is C=CCNC(=O)NC1CCN(c2ccccc2)C1. The van der Waals surface area contributed by atoms with Gasteiger partial charge in [0.1, 0.15) is 0 Å². The smallest absolute Gasteiger partial charge is 0.315 e. The van der Waals surface area contributed by atoms with Crippen LogP contribution in [-0.2, 0) is 0 Å². The molecular weight excluding hydrogens is 226 g/mol. The third-order valence-electron chi connectivity index (χ3n) is 3.05. The van der Waals surface area contributed by atoms with Crippen LogP contribution in [0.15, 0.2) is 43.0 Å². The van der Waals surface area contributed by atoms with Crippen LogP contribution in [0.25, 0.3) is 0 Å². The fraction of sp³-hybridized carbons (Fsp3) is 0.357. The van der Waals surface area contributed by atoms with E-state index in [0.717, 1.165) is 19.5 Å². The van der Waals surface area contributed by atoms with E-state index in [2.05, 4.69) is 34.2 Å². The van der Waals surface area contributed by atoms with Crippen molar-refractivity contribution in [2.45, 2.75) is 12.5 Å². The van der Waals surface area contributed by atoms with Crippen molar-refractivity contribution in [2.75, 3.05) is 24.5 Å². The Morgan fingerprint density at radius 3 is 2.94 bits per heavy atom. The van der Waals surface area contributed by atoms with Crippen molar-refractivity contribution in [3.8, 4) is 0 Å². The lowest BCUT2D eigenvalue weighted by Crippen LogP contribution is -2.43. The monoisotopic (exact) mass is 245 g/mol. The van der Waals surface area contributed by atoms with Gasteiger partial charge in [-0.05, 0) is 18.6 Å². The molecule has 0 saturated carbocycles. The lowest BCUT2D eigenvalue weighted by molar-refractivity contribution is 0.239. The largest absolute Gasteiger partial charge is 0.369 e. The molecule has 1 aliphatic heterocycles. The molecular formula is C14H19N3O. The number of rotatable bonds is 4. The van der Waals surface area contributed by atoms with Crippen LogP contribution in [0.4, 0.5) is 10.5 Å². The summed E-state index contributed by atoms with van der Waals surface area (Å²) in [6.07, 6.45) is 2.65. The summed E-state index contributed by atoms with van der Waals surface area (Å²) in [5.74, 6) is 0. The lowest BCUT2D eigenvalue weighted by Gasteiger charge is -2.19. The van der Waals surface area contributed by atoms with Gasteiger partial charge in [0.25, 0.3) is 0 Å². The Morgan fingerprint density at radius 1 is 1.44 bits per heavy atom. The van der Waals surface area contributed by atoms with Gasteiger partial charge in [0, 0.05) is 31.4 Å². The number of benzene rings is 1. The molecule has 1 aliphatic rings. The van der Waals surface area contributed by atoms with Crippen molar-refractivity contribution in [2.24, 2.45) is 0 Å². The number of urea groups is 1. The van der Waals surface area contributed by atoms with Crippen LogP contribution in [0, 0.1) is 0 Å². The molecule has 1 fully saturated rings. The normalized spacial score (nSPS) is 18.4. The van der Waals surface area contributed by atoms with Crippen molar-refractivity contribution in [3.63, 3.8) is 0 Å². The number of anilines is 1. The summed E-state index contributed by atoms with van der Waals surface area (Å²) in [6, 6.07) is 10.4. The number of carbonyl (C=O) groups excluding carboxylic acids is 1. The summed E-state index contributed by atoms with van der Waals surface area (Å²) in [4.78, 5) is 13.8. The third-order valence-corrected chi connectivity index (χ3v) is 3.05. The van der Waals surface area contributed by atoms with Crippen molar-refractivity contribution in [3.05, 3.63) is 43.0 Å². The zero-order valence-corrected chi connectivity index (χ0v) is 10.4. The highest BCUT2D eigenvalue weighted by molar-refractivity contribution is 5.74. The quantitative estimate of drug-likeness (QED) is 0.794. The first-order chi connectivity index (χ1) is 8.79. The molecule has 96 valence electrons. The average Bonchev–Trinajstić information content (AvgIpc) is 2.86. The lowest BCUT2D eigenvalue weighted by atomic mass is 10.3. The van der Waals surface area contributed by atoms with Crippen LogP contribution in [0.3, 0.4) is 0 Å². The minimum atomic E-state index is -0.116. The van der Waals surface area contributed by atoms with Crippen LogP contribution in [0.1, 0.15) is 6.42 Å². The molecule has 1 atom stereocenters. The Balaban J connectivity index is 1.82. The molecule has 0 aliphatic carbocycles. The molecule has 1 aromatic rings. The number of carbonyl (C=O) groups is 1. The van der Waals surface area contributed by atoms with Crippen molar-refractivity contribution < 1.29 is 4.79 Å². The number of nitrogens with zero attached hydrogens (tertiary/aromatic N) is 1. The molecule has 0 aromatic heterocycles. The Bertz CT molecular complexity index is 405. The summed E-state index contributed by atoms with van der Waals surface area (Å²) in [5, 5.41) is 5.70. The molecule has 1 unspecified atom stereocenters. The predicted molar refractivity (Wildman–Crippen MR) is 73.8 cm³/mol. The number of nitrogens with one attached hydrogen (secondary N) is 2. The Kier molecular flexibility index (Phi) is 4.23. The Hall–Kier alpha value is -1.97. The van der Waals surface area contributed by atoms with Gasteiger partial charge < -0.3 is 15.5 Å². The van der Waals surface area contributed by atoms with E-state index in [1.807, 2.05) is 18.2 Å². The second-order valence-electron chi connectivity index (χ2n) is 4.41. The standard InChI is InChI=1S/C14H19N3O/c1-2-9-15-14(18)16-12-8-10-17(11-12)13-6-4-3-5-7-13/h2-7,12H,1,8-11H2,(H2,15,16,18). The minimum absolute atomic E-state index is 0.116. The summed E-state index contributed by atoms with van der Waals surface area (Å²) in [5.41, 5.74) is 1.22. The highest BCUT2D eigenvalue weighted by Gasteiger charge is 2.23. The fourth-order valence-electron chi connectivity index (χ4n) is 2.15. The zero-order chi connectivity index (χ0) is 12.8. The van der Waals surface area contributed by atoms with Crippen molar-refractivity contribution in [1.82, 2.24) is 10.6 Å². The second kappa shape index (κ2) is 6.10. The topological polar surface area (TPSA) is 44.4 Å². The summed E-state index contributed by atoms with van der Waals surface area (Å²) in [7, 11) is 0. The molecule has 2 rings (SSSR count). The molecule has 4 heteroatoms. The molecule has 0 bridgehead atoms. The van der Waals surface area contributed by atoms with Gasteiger partial charge in [-0.15, -0.1) is 6.58 Å². The van der Waals surface area contributed by atoms with Gasteiger partial charge in [-0.3, -0.25) is 0 Å². The molecule has 1 saturated heterocycles. The predicted octanol–water partition coefficient (Wildman–Crippen LogP) is 1.75. The maximum atomic E-state index is 11.5. The molecule has 18 heavy (non-hydrogen) atoms. The average molecular weight is 245 g/mol. The van der Waals surface area contributed by atoms with Gasteiger partial charge in [0.15, 0.2) is 0 Å². The molecule has 2 N–H and O–H groups in total. The van der Waals surface area contributed by atoms with Crippen molar-refractivity contribution in [1.29, 1.82) is 0 Å².